The number of thiophene rings is 1. The number of aryl methyl sites for hydroxylation is 2. The normalized spacial score (nSPS) is 13.9. The number of methoxy groups -OCH3 is 1. The largest absolute Gasteiger partial charge is 0.466 e. The number of carbonyl (C=O) groups is 1. The molecule has 0 fully saturated rings. The number of carbonyl (C=O) groups excluding carboxylic acids is 1. The highest BCUT2D eigenvalue weighted by molar-refractivity contribution is 7.14. The summed E-state index contributed by atoms with van der Waals surface area (Å²) in [5, 5.41) is 9.07. The van der Waals surface area contributed by atoms with Crippen molar-refractivity contribution >= 4 is 23.2 Å². The monoisotopic (exact) mass is 278 g/mol. The zero-order valence-electron chi connectivity index (χ0n) is 10.5. The van der Waals surface area contributed by atoms with Gasteiger partial charge in [0.15, 0.2) is 0 Å². The molecule has 0 radical (unpaired) electrons. The Hall–Kier alpha value is -1.89. The van der Waals surface area contributed by atoms with Crippen LogP contribution in [0.1, 0.15) is 33.0 Å². The Kier molecular flexibility index (Phi) is 3.20. The molecule has 0 aromatic carbocycles. The van der Waals surface area contributed by atoms with E-state index in [4.69, 9.17) is 4.74 Å². The fourth-order valence-corrected chi connectivity index (χ4v) is 3.31. The molecule has 1 aliphatic carbocycles. The molecule has 6 nitrogen and oxygen atoms in total. The van der Waals surface area contributed by atoms with Crippen molar-refractivity contribution in [2.75, 3.05) is 12.4 Å². The van der Waals surface area contributed by atoms with Crippen LogP contribution in [0, 0.1) is 0 Å². The van der Waals surface area contributed by atoms with Gasteiger partial charge in [-0.1, -0.05) is 0 Å². The van der Waals surface area contributed by atoms with Gasteiger partial charge in [0, 0.05) is 4.88 Å². The highest BCUT2D eigenvalue weighted by Gasteiger charge is 2.18. The van der Waals surface area contributed by atoms with Crippen LogP contribution in [-0.4, -0.2) is 28.2 Å². The lowest BCUT2D eigenvalue weighted by Crippen LogP contribution is -2.11. The summed E-state index contributed by atoms with van der Waals surface area (Å²) in [6, 6.07) is 2.20. The molecule has 2 N–H and O–H groups in total. The smallest absolute Gasteiger partial charge is 0.336 e. The summed E-state index contributed by atoms with van der Waals surface area (Å²) in [7, 11) is 1.47. The molecule has 2 heterocycles. The highest BCUT2D eigenvalue weighted by Crippen LogP contribution is 2.29. The van der Waals surface area contributed by atoms with Gasteiger partial charge in [0.25, 0.3) is 5.91 Å². The molecule has 0 atom stereocenters. The summed E-state index contributed by atoms with van der Waals surface area (Å²) in [5.41, 5.74) is 1.32. The second kappa shape index (κ2) is 5.00. The molecule has 0 bridgehead atoms. The van der Waals surface area contributed by atoms with Gasteiger partial charge in [-0.25, -0.2) is 5.10 Å². The van der Waals surface area contributed by atoms with E-state index < -0.39 is 0 Å². The molecule has 1 aliphatic rings. The number of anilines is 1. The van der Waals surface area contributed by atoms with Gasteiger partial charge in [-0.15, -0.1) is 16.4 Å². The number of fused-ring (bicyclic) bond motifs is 1. The van der Waals surface area contributed by atoms with E-state index in [2.05, 4.69) is 20.5 Å². The summed E-state index contributed by atoms with van der Waals surface area (Å²) in [6.45, 7) is 0. The topological polar surface area (TPSA) is 79.9 Å². The van der Waals surface area contributed by atoms with E-state index in [0.29, 0.717) is 5.95 Å². The van der Waals surface area contributed by atoms with E-state index in [1.165, 1.54) is 30.4 Å². The maximum absolute atomic E-state index is 12.1. The first-order valence-corrected chi connectivity index (χ1v) is 6.97. The minimum Gasteiger partial charge on any atom is -0.466 e. The number of rotatable bonds is 3. The van der Waals surface area contributed by atoms with E-state index in [1.54, 1.807) is 11.3 Å². The van der Waals surface area contributed by atoms with Crippen molar-refractivity contribution in [1.82, 2.24) is 15.2 Å². The van der Waals surface area contributed by atoms with Gasteiger partial charge in [-0.05, 0) is 37.3 Å². The highest BCUT2D eigenvalue weighted by atomic mass is 32.1. The van der Waals surface area contributed by atoms with Crippen molar-refractivity contribution < 1.29 is 9.53 Å². The van der Waals surface area contributed by atoms with Crippen molar-refractivity contribution in [2.45, 2.75) is 25.7 Å². The molecular weight excluding hydrogens is 264 g/mol. The predicted molar refractivity (Wildman–Crippen MR) is 71.8 cm³/mol. The minimum atomic E-state index is -0.154. The summed E-state index contributed by atoms with van der Waals surface area (Å²) < 4.78 is 4.85. The number of ether oxygens (including phenoxy) is 1. The van der Waals surface area contributed by atoms with Gasteiger partial charge in [-0.3, -0.25) is 10.1 Å². The number of hydrogen-bond donors (Lipinski definition) is 2. The fraction of sp³-hybridized carbons (Fsp3) is 0.417. The molecule has 0 aliphatic heterocycles. The third-order valence-corrected chi connectivity index (χ3v) is 4.34. The summed E-state index contributed by atoms with van der Waals surface area (Å²) >= 11 is 1.57. The Morgan fingerprint density at radius 3 is 3.05 bits per heavy atom. The third kappa shape index (κ3) is 2.46. The molecule has 0 saturated heterocycles. The van der Waals surface area contributed by atoms with Crippen LogP contribution in [0.25, 0.3) is 0 Å². The summed E-state index contributed by atoms with van der Waals surface area (Å²) in [6.07, 6.45) is 4.59. The standard InChI is InChI=1S/C12H14N4O2S/c1-18-12-14-11(15-16-12)13-10(17)9-6-7-4-2-3-5-8(7)19-9/h6H,2-5H2,1H3,(H2,13,14,15,16,17). The predicted octanol–water partition coefficient (Wildman–Crippen LogP) is 2.01. The van der Waals surface area contributed by atoms with Crippen LogP contribution >= 0.6 is 11.3 Å². The maximum atomic E-state index is 12.1. The van der Waals surface area contributed by atoms with Crippen LogP contribution in [-0.2, 0) is 12.8 Å². The zero-order chi connectivity index (χ0) is 13.2. The number of hydrogen-bond acceptors (Lipinski definition) is 5. The molecule has 0 saturated carbocycles. The third-order valence-electron chi connectivity index (χ3n) is 3.10. The van der Waals surface area contributed by atoms with Crippen LogP contribution in [0.15, 0.2) is 6.07 Å². The minimum absolute atomic E-state index is 0.154. The van der Waals surface area contributed by atoms with E-state index in [-0.39, 0.29) is 11.9 Å². The lowest BCUT2D eigenvalue weighted by molar-refractivity contribution is 0.102. The molecule has 3 rings (SSSR count). The van der Waals surface area contributed by atoms with E-state index in [1.807, 2.05) is 6.07 Å². The van der Waals surface area contributed by atoms with Crippen LogP contribution in [0.3, 0.4) is 0 Å². The lowest BCUT2D eigenvalue weighted by Gasteiger charge is -2.08. The molecule has 19 heavy (non-hydrogen) atoms. The molecule has 1 amide bonds. The Labute approximate surface area is 114 Å². The number of aromatic amines is 1. The average Bonchev–Trinajstić information content (AvgIpc) is 3.04. The Morgan fingerprint density at radius 1 is 1.47 bits per heavy atom. The molecular formula is C12H14N4O2S. The first kappa shape index (κ1) is 12.2. The second-order valence-corrected chi connectivity index (χ2v) is 5.53. The zero-order valence-corrected chi connectivity index (χ0v) is 11.3. The average molecular weight is 278 g/mol. The van der Waals surface area contributed by atoms with Crippen molar-refractivity contribution in [3.63, 3.8) is 0 Å². The van der Waals surface area contributed by atoms with Crippen molar-refractivity contribution in [1.29, 1.82) is 0 Å². The Balaban J connectivity index is 1.74. The van der Waals surface area contributed by atoms with Gasteiger partial charge in [-0.2, -0.15) is 4.98 Å². The Morgan fingerprint density at radius 2 is 2.32 bits per heavy atom. The van der Waals surface area contributed by atoms with Gasteiger partial charge in [0.1, 0.15) is 0 Å². The van der Waals surface area contributed by atoms with Crippen LogP contribution in [0.2, 0.25) is 0 Å². The van der Waals surface area contributed by atoms with Gasteiger partial charge < -0.3 is 4.74 Å². The van der Waals surface area contributed by atoms with Crippen LogP contribution < -0.4 is 10.1 Å². The fourth-order valence-electron chi connectivity index (χ4n) is 2.17. The van der Waals surface area contributed by atoms with Crippen molar-refractivity contribution in [2.24, 2.45) is 0 Å². The van der Waals surface area contributed by atoms with E-state index >= 15 is 0 Å². The van der Waals surface area contributed by atoms with Crippen molar-refractivity contribution in [3.8, 4) is 6.01 Å². The SMILES string of the molecule is COc1n[nH]c(NC(=O)c2cc3c(s2)CCCC3)n1. The maximum Gasteiger partial charge on any atom is 0.336 e. The quantitative estimate of drug-likeness (QED) is 0.900. The lowest BCUT2D eigenvalue weighted by atomic mass is 9.99. The van der Waals surface area contributed by atoms with Crippen molar-refractivity contribution in [3.05, 3.63) is 21.4 Å². The Bertz CT molecular complexity index is 581. The van der Waals surface area contributed by atoms with E-state index in [9.17, 15) is 4.79 Å². The van der Waals surface area contributed by atoms with E-state index in [0.717, 1.165) is 17.7 Å². The molecule has 2 aromatic rings. The summed E-state index contributed by atoms with van der Waals surface area (Å²) in [5.74, 6) is 0.145. The first-order valence-electron chi connectivity index (χ1n) is 6.15. The first-order chi connectivity index (χ1) is 9.26. The molecule has 100 valence electrons. The molecule has 7 heteroatoms. The van der Waals surface area contributed by atoms with Crippen LogP contribution in [0.5, 0.6) is 6.01 Å². The number of amides is 1. The van der Waals surface area contributed by atoms with Gasteiger partial charge in [0.05, 0.1) is 12.0 Å². The number of nitrogens with zero attached hydrogens (tertiary/aromatic N) is 2. The van der Waals surface area contributed by atoms with Gasteiger partial charge >= 0.3 is 6.01 Å². The molecule has 0 spiro atoms. The number of nitrogens with one attached hydrogen (secondary N) is 2. The molecule has 2 aromatic heterocycles. The van der Waals surface area contributed by atoms with Gasteiger partial charge in [0.2, 0.25) is 5.95 Å². The molecule has 0 unspecified atom stereocenters. The number of H-pyrrole nitrogens is 1. The van der Waals surface area contributed by atoms with Crippen LogP contribution in [0.4, 0.5) is 5.95 Å². The second-order valence-electron chi connectivity index (χ2n) is 4.39. The summed E-state index contributed by atoms with van der Waals surface area (Å²) in [4.78, 5) is 18.1. The number of aromatic nitrogens is 3.